The van der Waals surface area contributed by atoms with E-state index in [1.54, 1.807) is 37.3 Å². The minimum Gasteiger partial charge on any atom is -0.492 e. The predicted molar refractivity (Wildman–Crippen MR) is 108 cm³/mol. The van der Waals surface area contributed by atoms with Crippen molar-refractivity contribution in [2.75, 3.05) is 11.9 Å². The standard InChI is InChI=1S/C19H21N3O4S/c1-12(2)11-26-17-7-5-4-6-15(17)18(23)21-19(27)20-16-10-14(22(24)25)9-8-13(16)3/h4-10,12H,11H2,1-3H3,(H2,20,21,23,27). The van der Waals surface area contributed by atoms with Crippen molar-refractivity contribution >= 4 is 34.6 Å². The fourth-order valence-electron chi connectivity index (χ4n) is 2.22. The van der Waals surface area contributed by atoms with Gasteiger partial charge in [-0.05, 0) is 42.8 Å². The van der Waals surface area contributed by atoms with Crippen LogP contribution in [0, 0.1) is 23.0 Å². The van der Waals surface area contributed by atoms with Gasteiger partial charge in [0, 0.05) is 17.8 Å². The number of nitro groups is 1. The molecule has 0 aliphatic rings. The molecule has 0 fully saturated rings. The van der Waals surface area contributed by atoms with Crippen LogP contribution in [0.4, 0.5) is 11.4 Å². The van der Waals surface area contributed by atoms with Crippen LogP contribution in [0.15, 0.2) is 42.5 Å². The molecule has 2 N–H and O–H groups in total. The van der Waals surface area contributed by atoms with Crippen LogP contribution in [0.5, 0.6) is 5.75 Å². The van der Waals surface area contributed by atoms with Crippen LogP contribution in [0.1, 0.15) is 29.8 Å². The number of anilines is 1. The van der Waals surface area contributed by atoms with Crippen LogP contribution in [0.25, 0.3) is 0 Å². The number of hydrogen-bond acceptors (Lipinski definition) is 5. The van der Waals surface area contributed by atoms with E-state index in [2.05, 4.69) is 10.6 Å². The summed E-state index contributed by atoms with van der Waals surface area (Å²) in [6.45, 7) is 6.30. The van der Waals surface area contributed by atoms with E-state index in [-0.39, 0.29) is 10.8 Å². The number of thiocarbonyl (C=S) groups is 1. The summed E-state index contributed by atoms with van der Waals surface area (Å²) in [7, 11) is 0. The molecular weight excluding hydrogens is 366 g/mol. The van der Waals surface area contributed by atoms with E-state index in [4.69, 9.17) is 17.0 Å². The van der Waals surface area contributed by atoms with E-state index >= 15 is 0 Å². The number of aryl methyl sites for hydroxylation is 1. The molecule has 0 radical (unpaired) electrons. The zero-order valence-corrected chi connectivity index (χ0v) is 16.1. The Kier molecular flexibility index (Phi) is 6.84. The normalized spacial score (nSPS) is 10.4. The van der Waals surface area contributed by atoms with Gasteiger partial charge in [0.2, 0.25) is 0 Å². The first kappa shape index (κ1) is 20.3. The Labute approximate surface area is 162 Å². The largest absolute Gasteiger partial charge is 0.492 e. The third-order valence-corrected chi connectivity index (χ3v) is 3.82. The number of hydrogen-bond donors (Lipinski definition) is 2. The number of non-ortho nitro benzene ring substituents is 1. The summed E-state index contributed by atoms with van der Waals surface area (Å²) < 4.78 is 5.68. The molecule has 0 unspecified atom stereocenters. The lowest BCUT2D eigenvalue weighted by atomic mass is 10.1. The highest BCUT2D eigenvalue weighted by Crippen LogP contribution is 2.22. The summed E-state index contributed by atoms with van der Waals surface area (Å²) in [6, 6.07) is 11.3. The molecule has 0 bridgehead atoms. The number of carbonyl (C=O) groups excluding carboxylic acids is 1. The molecule has 7 nitrogen and oxygen atoms in total. The van der Waals surface area contributed by atoms with Crippen molar-refractivity contribution in [3.8, 4) is 5.75 Å². The minimum atomic E-state index is -0.492. The number of para-hydroxylation sites is 1. The Hall–Kier alpha value is -3.00. The van der Waals surface area contributed by atoms with Gasteiger partial charge in [0.15, 0.2) is 5.11 Å². The lowest BCUT2D eigenvalue weighted by Crippen LogP contribution is -2.34. The van der Waals surface area contributed by atoms with E-state index in [0.717, 1.165) is 5.56 Å². The molecule has 8 heteroatoms. The highest BCUT2D eigenvalue weighted by Gasteiger charge is 2.15. The third-order valence-electron chi connectivity index (χ3n) is 3.61. The van der Waals surface area contributed by atoms with Crippen molar-refractivity contribution in [3.05, 3.63) is 63.7 Å². The second kappa shape index (κ2) is 9.09. The number of nitrogens with zero attached hydrogens (tertiary/aromatic N) is 1. The van der Waals surface area contributed by atoms with E-state index in [1.807, 2.05) is 13.8 Å². The molecule has 0 atom stereocenters. The number of amides is 1. The maximum absolute atomic E-state index is 12.5. The average Bonchev–Trinajstić information content (AvgIpc) is 2.61. The monoisotopic (exact) mass is 387 g/mol. The number of ether oxygens (including phenoxy) is 1. The lowest BCUT2D eigenvalue weighted by molar-refractivity contribution is -0.384. The van der Waals surface area contributed by atoms with Gasteiger partial charge in [-0.2, -0.15) is 0 Å². The Bertz CT molecular complexity index is 868. The Morgan fingerprint density at radius 3 is 2.63 bits per heavy atom. The molecule has 142 valence electrons. The molecule has 27 heavy (non-hydrogen) atoms. The molecule has 2 rings (SSSR count). The Morgan fingerprint density at radius 2 is 1.96 bits per heavy atom. The van der Waals surface area contributed by atoms with Crippen molar-refractivity contribution in [1.82, 2.24) is 5.32 Å². The second-order valence-corrected chi connectivity index (χ2v) is 6.77. The third kappa shape index (κ3) is 5.75. The number of rotatable bonds is 6. The molecule has 0 aromatic heterocycles. The zero-order chi connectivity index (χ0) is 20.0. The first-order valence-corrected chi connectivity index (χ1v) is 8.78. The average molecular weight is 387 g/mol. The highest BCUT2D eigenvalue weighted by molar-refractivity contribution is 7.80. The van der Waals surface area contributed by atoms with Crippen molar-refractivity contribution < 1.29 is 14.5 Å². The molecule has 2 aromatic carbocycles. The van der Waals surface area contributed by atoms with Gasteiger partial charge in [-0.15, -0.1) is 0 Å². The summed E-state index contributed by atoms with van der Waals surface area (Å²) in [6.07, 6.45) is 0. The topological polar surface area (TPSA) is 93.5 Å². The van der Waals surface area contributed by atoms with Crippen molar-refractivity contribution in [1.29, 1.82) is 0 Å². The lowest BCUT2D eigenvalue weighted by Gasteiger charge is -2.14. The molecular formula is C19H21N3O4S. The van der Waals surface area contributed by atoms with Gasteiger partial charge >= 0.3 is 0 Å². The van der Waals surface area contributed by atoms with Crippen molar-refractivity contribution in [2.24, 2.45) is 5.92 Å². The van der Waals surface area contributed by atoms with E-state index in [0.29, 0.717) is 29.5 Å². The Morgan fingerprint density at radius 1 is 1.26 bits per heavy atom. The molecule has 0 aliphatic heterocycles. The Balaban J connectivity index is 2.10. The fourth-order valence-corrected chi connectivity index (χ4v) is 2.42. The predicted octanol–water partition coefficient (Wildman–Crippen LogP) is 4.06. The second-order valence-electron chi connectivity index (χ2n) is 6.37. The molecule has 0 heterocycles. The van der Waals surface area contributed by atoms with Gasteiger partial charge in [0.1, 0.15) is 5.75 Å². The van der Waals surface area contributed by atoms with E-state index in [9.17, 15) is 14.9 Å². The van der Waals surface area contributed by atoms with Crippen LogP contribution in [0.2, 0.25) is 0 Å². The number of nitrogens with one attached hydrogen (secondary N) is 2. The molecule has 1 amide bonds. The maximum atomic E-state index is 12.5. The zero-order valence-electron chi connectivity index (χ0n) is 15.3. The quantitative estimate of drug-likeness (QED) is 0.441. The van der Waals surface area contributed by atoms with Crippen molar-refractivity contribution in [3.63, 3.8) is 0 Å². The minimum absolute atomic E-state index is 0.0438. The number of nitro benzene ring substituents is 1. The van der Waals surface area contributed by atoms with Gasteiger partial charge in [0.25, 0.3) is 11.6 Å². The van der Waals surface area contributed by atoms with Crippen LogP contribution in [-0.2, 0) is 0 Å². The highest BCUT2D eigenvalue weighted by atomic mass is 32.1. The van der Waals surface area contributed by atoms with Crippen molar-refractivity contribution in [2.45, 2.75) is 20.8 Å². The smallest absolute Gasteiger partial charge is 0.271 e. The van der Waals surface area contributed by atoms with Gasteiger partial charge in [-0.25, -0.2) is 0 Å². The van der Waals surface area contributed by atoms with Gasteiger partial charge in [0.05, 0.1) is 17.1 Å². The summed E-state index contributed by atoms with van der Waals surface area (Å²) in [5.41, 5.74) is 1.51. The first-order chi connectivity index (χ1) is 12.8. The van der Waals surface area contributed by atoms with Gasteiger partial charge in [-0.3, -0.25) is 20.2 Å². The van der Waals surface area contributed by atoms with Gasteiger partial charge < -0.3 is 10.1 Å². The summed E-state index contributed by atoms with van der Waals surface area (Å²) in [5, 5.41) is 16.4. The van der Waals surface area contributed by atoms with Crippen LogP contribution >= 0.6 is 12.2 Å². The van der Waals surface area contributed by atoms with Crippen LogP contribution in [0.3, 0.4) is 0 Å². The molecule has 2 aromatic rings. The maximum Gasteiger partial charge on any atom is 0.271 e. The summed E-state index contributed by atoms with van der Waals surface area (Å²) in [5.74, 6) is 0.369. The molecule has 0 spiro atoms. The SMILES string of the molecule is Cc1ccc([N+](=O)[O-])cc1NC(=S)NC(=O)c1ccccc1OCC(C)C. The molecule has 0 aliphatic carbocycles. The van der Waals surface area contributed by atoms with E-state index < -0.39 is 10.8 Å². The molecule has 0 saturated heterocycles. The van der Waals surface area contributed by atoms with Crippen LogP contribution in [-0.4, -0.2) is 22.5 Å². The van der Waals surface area contributed by atoms with Gasteiger partial charge in [-0.1, -0.05) is 32.0 Å². The summed E-state index contributed by atoms with van der Waals surface area (Å²) >= 11 is 5.18. The first-order valence-electron chi connectivity index (χ1n) is 8.37. The number of carbonyl (C=O) groups is 1. The van der Waals surface area contributed by atoms with E-state index in [1.165, 1.54) is 12.1 Å². The fraction of sp³-hybridized carbons (Fsp3) is 0.263. The molecule has 0 saturated carbocycles. The summed E-state index contributed by atoms with van der Waals surface area (Å²) in [4.78, 5) is 23.0. The van der Waals surface area contributed by atoms with Crippen LogP contribution < -0.4 is 15.4 Å². The number of benzene rings is 2.